The number of carbonyl (C=O) groups excluding carboxylic acids is 1. The van der Waals surface area contributed by atoms with Gasteiger partial charge in [-0.3, -0.25) is 4.79 Å². The summed E-state index contributed by atoms with van der Waals surface area (Å²) >= 11 is 0. The molecule has 0 saturated heterocycles. The lowest BCUT2D eigenvalue weighted by Crippen LogP contribution is -2.13. The second-order valence-electron chi connectivity index (χ2n) is 4.15. The van der Waals surface area contributed by atoms with Crippen molar-refractivity contribution in [3.05, 3.63) is 23.5 Å². The first-order valence-electron chi connectivity index (χ1n) is 5.65. The first-order chi connectivity index (χ1) is 7.72. The highest BCUT2D eigenvalue weighted by Gasteiger charge is 2.21. The van der Waals surface area contributed by atoms with E-state index in [-0.39, 0.29) is 12.1 Å². The van der Waals surface area contributed by atoms with Gasteiger partial charge in [0.2, 0.25) is 0 Å². The van der Waals surface area contributed by atoms with Gasteiger partial charge in [-0.2, -0.15) is 0 Å². The number of aliphatic hydroxyl groups excluding tert-OH is 1. The first kappa shape index (κ1) is 11.2. The van der Waals surface area contributed by atoms with Crippen molar-refractivity contribution in [2.45, 2.75) is 38.3 Å². The molecular formula is C12H17NO3. The third-order valence-corrected chi connectivity index (χ3v) is 3.15. The minimum absolute atomic E-state index is 0.196. The van der Waals surface area contributed by atoms with Gasteiger partial charge in [-0.25, -0.2) is 0 Å². The van der Waals surface area contributed by atoms with Crippen LogP contribution in [0.15, 0.2) is 12.3 Å². The fraction of sp³-hybridized carbons (Fsp3) is 0.583. The molecule has 0 aromatic carbocycles. The Hall–Kier alpha value is -1.29. The molecule has 0 bridgehead atoms. The van der Waals surface area contributed by atoms with Crippen LogP contribution in [-0.4, -0.2) is 22.8 Å². The molecule has 0 radical (unpaired) electrons. The van der Waals surface area contributed by atoms with Crippen LogP contribution in [0.3, 0.4) is 0 Å². The van der Waals surface area contributed by atoms with E-state index in [1.165, 1.54) is 12.8 Å². The third kappa shape index (κ3) is 2.11. The maximum absolute atomic E-state index is 11.1. The van der Waals surface area contributed by atoms with Crippen molar-refractivity contribution < 1.29 is 14.6 Å². The number of carbonyl (C=O) groups is 1. The van der Waals surface area contributed by atoms with Crippen molar-refractivity contribution in [1.82, 2.24) is 4.57 Å². The van der Waals surface area contributed by atoms with Gasteiger partial charge in [-0.05, 0) is 25.3 Å². The number of nitrogens with zero attached hydrogens (tertiary/aromatic N) is 1. The van der Waals surface area contributed by atoms with Crippen molar-refractivity contribution in [3.63, 3.8) is 0 Å². The van der Waals surface area contributed by atoms with E-state index in [1.807, 2.05) is 12.3 Å². The van der Waals surface area contributed by atoms with Crippen molar-refractivity contribution >= 4 is 5.97 Å². The van der Waals surface area contributed by atoms with Gasteiger partial charge in [0.1, 0.15) is 0 Å². The fourth-order valence-electron chi connectivity index (χ4n) is 2.26. The lowest BCUT2D eigenvalue weighted by molar-refractivity contribution is -0.140. The van der Waals surface area contributed by atoms with Crippen LogP contribution in [0.4, 0.5) is 0 Å². The quantitative estimate of drug-likeness (QED) is 0.788. The molecule has 1 N–H and O–H groups in total. The molecule has 4 nitrogen and oxygen atoms in total. The largest absolute Gasteiger partial charge is 0.469 e. The van der Waals surface area contributed by atoms with Crippen LogP contribution < -0.4 is 0 Å². The lowest BCUT2D eigenvalue weighted by Gasteiger charge is -2.19. The first-order valence-corrected chi connectivity index (χ1v) is 5.65. The van der Waals surface area contributed by atoms with Gasteiger partial charge in [0, 0.05) is 24.0 Å². The smallest absolute Gasteiger partial charge is 0.307 e. The Morgan fingerprint density at radius 2 is 2.50 bits per heavy atom. The van der Waals surface area contributed by atoms with Crippen LogP contribution in [0.5, 0.6) is 0 Å². The van der Waals surface area contributed by atoms with Crippen LogP contribution in [0.25, 0.3) is 0 Å². The van der Waals surface area contributed by atoms with Gasteiger partial charge in [0.25, 0.3) is 0 Å². The summed E-state index contributed by atoms with van der Waals surface area (Å²) in [5.74, 6) is -0.196. The maximum atomic E-state index is 11.1. The second kappa shape index (κ2) is 4.70. The number of rotatable bonds is 3. The Labute approximate surface area is 94.8 Å². The summed E-state index contributed by atoms with van der Waals surface area (Å²) in [5.41, 5.74) is 2.19. The van der Waals surface area contributed by atoms with Crippen LogP contribution >= 0.6 is 0 Å². The van der Waals surface area contributed by atoms with Crippen molar-refractivity contribution in [1.29, 1.82) is 0 Å². The Kier molecular flexibility index (Phi) is 3.29. The van der Waals surface area contributed by atoms with Gasteiger partial charge in [-0.15, -0.1) is 0 Å². The molecule has 0 saturated carbocycles. The van der Waals surface area contributed by atoms with E-state index in [4.69, 9.17) is 0 Å². The molecule has 1 aliphatic rings. The number of fused-ring (bicyclic) bond motifs is 1. The number of aliphatic hydroxyl groups is 1. The number of aromatic nitrogens is 1. The molecule has 1 aromatic rings. The summed E-state index contributed by atoms with van der Waals surface area (Å²) in [4.78, 5) is 11.1. The average molecular weight is 223 g/mol. The van der Waals surface area contributed by atoms with Gasteiger partial charge in [-0.1, -0.05) is 0 Å². The second-order valence-corrected chi connectivity index (χ2v) is 4.15. The molecule has 16 heavy (non-hydrogen) atoms. The zero-order chi connectivity index (χ0) is 11.5. The Morgan fingerprint density at radius 1 is 1.69 bits per heavy atom. The van der Waals surface area contributed by atoms with E-state index < -0.39 is 0 Å². The fourth-order valence-corrected chi connectivity index (χ4v) is 2.26. The van der Waals surface area contributed by atoms with E-state index in [0.29, 0.717) is 13.0 Å². The van der Waals surface area contributed by atoms with E-state index in [1.54, 1.807) is 0 Å². The SMILES string of the molecule is COC(=O)CCn1ccc2c1CCCC2O. The predicted molar refractivity (Wildman–Crippen MR) is 59.0 cm³/mol. The molecule has 1 heterocycles. The highest BCUT2D eigenvalue weighted by atomic mass is 16.5. The Balaban J connectivity index is 2.08. The molecule has 0 fully saturated rings. The summed E-state index contributed by atoms with van der Waals surface area (Å²) in [7, 11) is 1.40. The van der Waals surface area contributed by atoms with E-state index in [0.717, 1.165) is 24.8 Å². The molecule has 1 unspecified atom stereocenters. The Bertz CT molecular complexity index is 384. The summed E-state index contributed by atoms with van der Waals surface area (Å²) in [6.07, 6.45) is 4.84. The molecule has 4 heteroatoms. The van der Waals surface area contributed by atoms with Crippen molar-refractivity contribution in [2.75, 3.05) is 7.11 Å². The molecule has 1 aromatic heterocycles. The van der Waals surface area contributed by atoms with Gasteiger partial charge < -0.3 is 14.4 Å². The van der Waals surface area contributed by atoms with Crippen LogP contribution in [0.2, 0.25) is 0 Å². The predicted octanol–water partition coefficient (Wildman–Crippen LogP) is 1.42. The summed E-state index contributed by atoms with van der Waals surface area (Å²) in [6, 6.07) is 1.95. The van der Waals surface area contributed by atoms with Gasteiger partial charge in [0.05, 0.1) is 19.6 Å². The number of esters is 1. The normalized spacial score (nSPS) is 19.2. The highest BCUT2D eigenvalue weighted by Crippen LogP contribution is 2.30. The number of aryl methyl sites for hydroxylation is 1. The number of ether oxygens (including phenoxy) is 1. The number of methoxy groups -OCH3 is 1. The number of hydrogen-bond donors (Lipinski definition) is 1. The van der Waals surface area contributed by atoms with E-state index in [9.17, 15) is 9.90 Å². The topological polar surface area (TPSA) is 51.5 Å². The number of hydrogen-bond acceptors (Lipinski definition) is 3. The van der Waals surface area contributed by atoms with Gasteiger partial charge >= 0.3 is 5.97 Å². The monoisotopic (exact) mass is 223 g/mol. The maximum Gasteiger partial charge on any atom is 0.307 e. The molecule has 88 valence electrons. The van der Waals surface area contributed by atoms with Crippen molar-refractivity contribution in [2.24, 2.45) is 0 Å². The molecular weight excluding hydrogens is 206 g/mol. The van der Waals surface area contributed by atoms with Crippen LogP contribution in [0.1, 0.15) is 36.6 Å². The van der Waals surface area contributed by atoms with E-state index in [2.05, 4.69) is 9.30 Å². The standard InChI is InChI=1S/C12H17NO3/c1-16-12(15)6-8-13-7-5-9-10(13)3-2-4-11(9)14/h5,7,11,14H,2-4,6,8H2,1H3. The minimum Gasteiger partial charge on any atom is -0.469 e. The zero-order valence-electron chi connectivity index (χ0n) is 9.48. The molecule has 0 spiro atoms. The Morgan fingerprint density at radius 3 is 3.25 bits per heavy atom. The van der Waals surface area contributed by atoms with E-state index >= 15 is 0 Å². The van der Waals surface area contributed by atoms with Gasteiger partial charge in [0.15, 0.2) is 0 Å². The molecule has 0 amide bonds. The molecule has 1 atom stereocenters. The lowest BCUT2D eigenvalue weighted by atomic mass is 9.95. The summed E-state index contributed by atoms with van der Waals surface area (Å²) in [6.45, 7) is 0.634. The summed E-state index contributed by atoms with van der Waals surface area (Å²) < 4.78 is 6.66. The van der Waals surface area contributed by atoms with Crippen LogP contribution in [-0.2, 0) is 22.5 Å². The molecule has 1 aliphatic carbocycles. The minimum atomic E-state index is -0.330. The van der Waals surface area contributed by atoms with Crippen LogP contribution in [0, 0.1) is 0 Å². The zero-order valence-corrected chi connectivity index (χ0v) is 9.48. The highest BCUT2D eigenvalue weighted by molar-refractivity contribution is 5.69. The van der Waals surface area contributed by atoms with Crippen molar-refractivity contribution in [3.8, 4) is 0 Å². The third-order valence-electron chi connectivity index (χ3n) is 3.15. The molecule has 0 aliphatic heterocycles. The summed E-state index contributed by atoms with van der Waals surface area (Å²) in [5, 5.41) is 9.79. The molecule has 2 rings (SSSR count). The average Bonchev–Trinajstić information content (AvgIpc) is 2.70.